The molecule has 1 heterocycles. The lowest BCUT2D eigenvalue weighted by atomic mass is 9.97. The third kappa shape index (κ3) is 8.46. The molecule has 1 aliphatic rings. The molecule has 5 nitrogen and oxygen atoms in total. The van der Waals surface area contributed by atoms with E-state index in [4.69, 9.17) is 0 Å². The Labute approximate surface area is 135 Å². The Morgan fingerprint density at radius 1 is 0.909 bits per heavy atom. The van der Waals surface area contributed by atoms with E-state index >= 15 is 0 Å². The maximum absolute atomic E-state index is 10.6. The van der Waals surface area contributed by atoms with E-state index < -0.39 is 16.4 Å². The maximum atomic E-state index is 10.6. The highest BCUT2D eigenvalue weighted by atomic mass is 32.3. The summed E-state index contributed by atoms with van der Waals surface area (Å²) >= 11 is 0. The first-order valence-electron chi connectivity index (χ1n) is 8.75. The van der Waals surface area contributed by atoms with Crippen LogP contribution in [-0.2, 0) is 18.8 Å². The van der Waals surface area contributed by atoms with Gasteiger partial charge < -0.3 is 5.11 Å². The first-order chi connectivity index (χ1) is 10.4. The fraction of sp³-hybridized carbons (Fsp3) is 1.00. The number of rotatable bonds is 13. The third-order valence-electron chi connectivity index (χ3n) is 4.20. The van der Waals surface area contributed by atoms with E-state index in [1.165, 1.54) is 51.4 Å². The molecule has 0 saturated carbocycles. The number of aliphatic hydroxyl groups is 1. The first kappa shape index (κ1) is 19.9. The van der Waals surface area contributed by atoms with Crippen molar-refractivity contribution in [3.05, 3.63) is 0 Å². The Balaban J connectivity index is 1.84. The molecule has 0 spiro atoms. The minimum Gasteiger partial charge on any atom is -0.342 e. The van der Waals surface area contributed by atoms with Crippen molar-refractivity contribution in [2.45, 2.75) is 96.9 Å². The quantitative estimate of drug-likeness (QED) is 0.509. The molecule has 0 aliphatic carbocycles. The van der Waals surface area contributed by atoms with Crippen LogP contribution in [0.5, 0.6) is 0 Å². The van der Waals surface area contributed by atoms with Gasteiger partial charge in [0.25, 0.3) is 0 Å². The predicted molar refractivity (Wildman–Crippen MR) is 86.3 cm³/mol. The van der Waals surface area contributed by atoms with Gasteiger partial charge in [-0.2, -0.15) is 16.8 Å². The SMILES string of the molecule is CCCCC(C)CCCCCCCCCC1(O)OS(=O)(=O)O1. The Hall–Kier alpha value is -0.170. The van der Waals surface area contributed by atoms with Crippen LogP contribution < -0.4 is 0 Å². The van der Waals surface area contributed by atoms with Crippen molar-refractivity contribution >= 4 is 10.4 Å². The van der Waals surface area contributed by atoms with Gasteiger partial charge in [0.05, 0.1) is 0 Å². The molecule has 0 amide bonds. The lowest BCUT2D eigenvalue weighted by Gasteiger charge is -2.33. The highest BCUT2D eigenvalue weighted by molar-refractivity contribution is 7.82. The molecule has 1 atom stereocenters. The van der Waals surface area contributed by atoms with Crippen molar-refractivity contribution in [1.82, 2.24) is 0 Å². The van der Waals surface area contributed by atoms with Crippen molar-refractivity contribution in [3.63, 3.8) is 0 Å². The summed E-state index contributed by atoms with van der Waals surface area (Å²) in [6, 6.07) is 0. The van der Waals surface area contributed by atoms with Crippen LogP contribution in [0.1, 0.15) is 90.9 Å². The Bertz CT molecular complexity index is 381. The van der Waals surface area contributed by atoms with Gasteiger partial charge in [0.1, 0.15) is 0 Å². The van der Waals surface area contributed by atoms with Gasteiger partial charge in [0.2, 0.25) is 0 Å². The molecule has 0 aromatic heterocycles. The van der Waals surface area contributed by atoms with Crippen LogP contribution in [0.4, 0.5) is 0 Å². The Kier molecular flexibility index (Phi) is 8.90. The van der Waals surface area contributed by atoms with Crippen LogP contribution in [0, 0.1) is 5.92 Å². The lowest BCUT2D eigenvalue weighted by Crippen LogP contribution is -2.50. The van der Waals surface area contributed by atoms with Gasteiger partial charge in [0, 0.05) is 6.42 Å². The Morgan fingerprint density at radius 3 is 1.95 bits per heavy atom. The molecule has 1 saturated heterocycles. The molecule has 1 aliphatic heterocycles. The zero-order valence-electron chi connectivity index (χ0n) is 14.1. The van der Waals surface area contributed by atoms with Crippen molar-refractivity contribution in [3.8, 4) is 0 Å². The van der Waals surface area contributed by atoms with Crippen LogP contribution in [-0.4, -0.2) is 19.5 Å². The predicted octanol–water partition coefficient (Wildman–Crippen LogP) is 4.26. The average molecular weight is 336 g/mol. The maximum Gasteiger partial charge on any atom is 0.409 e. The summed E-state index contributed by atoms with van der Waals surface area (Å²) < 4.78 is 29.9. The topological polar surface area (TPSA) is 72.8 Å². The van der Waals surface area contributed by atoms with Gasteiger partial charge in [-0.1, -0.05) is 78.1 Å². The van der Waals surface area contributed by atoms with E-state index in [9.17, 15) is 13.5 Å². The van der Waals surface area contributed by atoms with Crippen molar-refractivity contribution in [1.29, 1.82) is 0 Å². The molecule has 6 heteroatoms. The van der Waals surface area contributed by atoms with Crippen LogP contribution in [0.25, 0.3) is 0 Å². The van der Waals surface area contributed by atoms with Crippen LogP contribution in [0.2, 0.25) is 0 Å². The summed E-state index contributed by atoms with van der Waals surface area (Å²) in [5.41, 5.74) is 0. The highest BCUT2D eigenvalue weighted by Crippen LogP contribution is 2.32. The van der Waals surface area contributed by atoms with Crippen molar-refractivity contribution < 1.29 is 21.9 Å². The molecule has 0 aromatic carbocycles. The van der Waals surface area contributed by atoms with Gasteiger partial charge >= 0.3 is 16.4 Å². The first-order valence-corrected chi connectivity index (χ1v) is 10.1. The largest absolute Gasteiger partial charge is 0.409 e. The zero-order chi connectivity index (χ0) is 16.5. The van der Waals surface area contributed by atoms with Crippen molar-refractivity contribution in [2.24, 2.45) is 5.92 Å². The van der Waals surface area contributed by atoms with Crippen LogP contribution in [0.3, 0.4) is 0 Å². The van der Waals surface area contributed by atoms with Gasteiger partial charge in [0.15, 0.2) is 0 Å². The lowest BCUT2D eigenvalue weighted by molar-refractivity contribution is -0.329. The van der Waals surface area contributed by atoms with E-state index in [0.717, 1.165) is 18.8 Å². The van der Waals surface area contributed by atoms with E-state index in [2.05, 4.69) is 22.2 Å². The van der Waals surface area contributed by atoms with E-state index in [1.54, 1.807) is 0 Å². The molecule has 0 aromatic rings. The second kappa shape index (κ2) is 9.85. The third-order valence-corrected chi connectivity index (χ3v) is 5.13. The summed E-state index contributed by atoms with van der Waals surface area (Å²) in [6.45, 7) is 4.60. The molecule has 0 bridgehead atoms. The van der Waals surface area contributed by atoms with Gasteiger partial charge in [-0.3, -0.25) is 0 Å². The molecule has 1 fully saturated rings. The monoisotopic (exact) mass is 336 g/mol. The summed E-state index contributed by atoms with van der Waals surface area (Å²) in [4.78, 5) is 0. The number of unbranched alkanes of at least 4 members (excludes halogenated alkanes) is 7. The molecular formula is C16H32O5S. The normalized spacial score (nSPS) is 20.5. The number of hydrogen-bond donors (Lipinski definition) is 1. The second-order valence-electron chi connectivity index (χ2n) is 6.55. The molecular weight excluding hydrogens is 304 g/mol. The molecule has 0 radical (unpaired) electrons. The van der Waals surface area contributed by atoms with E-state index in [-0.39, 0.29) is 6.42 Å². The molecule has 22 heavy (non-hydrogen) atoms. The fourth-order valence-corrected chi connectivity index (χ4v) is 3.65. The van der Waals surface area contributed by atoms with E-state index in [1.807, 2.05) is 0 Å². The van der Waals surface area contributed by atoms with Crippen molar-refractivity contribution in [2.75, 3.05) is 0 Å². The zero-order valence-corrected chi connectivity index (χ0v) is 14.9. The molecule has 1 N–H and O–H groups in total. The summed E-state index contributed by atoms with van der Waals surface area (Å²) in [7, 11) is -3.91. The van der Waals surface area contributed by atoms with Gasteiger partial charge in [-0.05, 0) is 12.3 Å². The minimum atomic E-state index is -3.91. The molecule has 132 valence electrons. The second-order valence-corrected chi connectivity index (χ2v) is 7.70. The standard InChI is InChI=1S/C16H32O5S/c1-3-4-12-15(2)13-10-8-6-5-7-9-11-14-16(17)20-22(18,19)21-16/h15,17H,3-14H2,1-2H3. The number of hydrogen-bond acceptors (Lipinski definition) is 5. The van der Waals surface area contributed by atoms with Crippen LogP contribution in [0.15, 0.2) is 0 Å². The van der Waals surface area contributed by atoms with Crippen LogP contribution >= 0.6 is 0 Å². The Morgan fingerprint density at radius 2 is 1.41 bits per heavy atom. The summed E-state index contributed by atoms with van der Waals surface area (Å²) in [5, 5.41) is 9.51. The van der Waals surface area contributed by atoms with Gasteiger partial charge in [-0.25, -0.2) is 0 Å². The summed E-state index contributed by atoms with van der Waals surface area (Å²) in [6.07, 6.45) is 13.4. The molecule has 1 rings (SSSR count). The molecule has 1 unspecified atom stereocenters. The van der Waals surface area contributed by atoms with Gasteiger partial charge in [-0.15, -0.1) is 0 Å². The average Bonchev–Trinajstić information content (AvgIpc) is 2.41. The summed E-state index contributed by atoms with van der Waals surface area (Å²) in [5.74, 6) is -1.03. The highest BCUT2D eigenvalue weighted by Gasteiger charge is 2.50. The minimum absolute atomic E-state index is 0.209. The fourth-order valence-electron chi connectivity index (χ4n) is 2.83. The van der Waals surface area contributed by atoms with E-state index in [0.29, 0.717) is 6.42 Å². The smallest absolute Gasteiger partial charge is 0.342 e.